The highest BCUT2D eigenvalue weighted by Crippen LogP contribution is 2.78. The Morgan fingerprint density at radius 1 is 0.438 bits per heavy atom. The highest BCUT2D eigenvalue weighted by molar-refractivity contribution is 6.26. The van der Waals surface area contributed by atoms with Crippen molar-refractivity contribution < 1.29 is 0 Å². The van der Waals surface area contributed by atoms with E-state index in [-0.39, 0.29) is 5.41 Å². The molecule has 6 fully saturated rings. The van der Waals surface area contributed by atoms with Crippen molar-refractivity contribution in [2.24, 2.45) is 34.5 Å². The highest BCUT2D eigenvalue weighted by atomic mass is 15.0. The highest BCUT2D eigenvalue weighted by Gasteiger charge is 2.67. The van der Waals surface area contributed by atoms with Crippen LogP contribution in [0.4, 0.5) is 0 Å². The lowest BCUT2D eigenvalue weighted by Crippen LogP contribution is -2.41. The van der Waals surface area contributed by atoms with Crippen LogP contribution in [0.5, 0.6) is 0 Å². The third kappa shape index (κ3) is 3.23. The smallest absolute Gasteiger partial charge is 0.0728 e. The van der Waals surface area contributed by atoms with Crippen molar-refractivity contribution in [3.63, 3.8) is 0 Å². The van der Waals surface area contributed by atoms with Crippen LogP contribution in [0.2, 0.25) is 0 Å². The molecule has 6 saturated carbocycles. The molecule has 10 atom stereocenters. The fraction of sp³-hybridized carbons (Fsp3) is 0.344. The molecule has 10 aliphatic carbocycles. The molecule has 5 aromatic carbocycles. The van der Waals surface area contributed by atoms with E-state index in [2.05, 4.69) is 120 Å². The molecule has 0 aliphatic heterocycles. The summed E-state index contributed by atoms with van der Waals surface area (Å²) >= 11 is 0. The molecule has 0 saturated heterocycles. The predicted octanol–water partition coefficient (Wildman–Crippen LogP) is 14.4. The molecule has 64 heavy (non-hydrogen) atoms. The number of fused-ring (bicyclic) bond motifs is 28. The zero-order valence-electron chi connectivity index (χ0n) is 36.0. The van der Waals surface area contributed by atoms with Gasteiger partial charge < -0.3 is 4.40 Å². The van der Waals surface area contributed by atoms with Crippen LogP contribution in [0, 0.1) is 34.5 Å². The van der Waals surface area contributed by atoms with E-state index in [9.17, 15) is 0 Å². The molecule has 9 aromatic rings. The SMILES string of the molecule is c1ccc2c(c1)-c1ccccc1C21c2ccccc2-c2ccc(-c3cc4c5c6c(ncc5n5c7cnc8c(c7c(c3)c45)C3CC4CC5CC8CC54C3)C3CC4CC5CC6CC45C3)cc21. The molecule has 6 bridgehead atoms. The van der Waals surface area contributed by atoms with Crippen molar-refractivity contribution in [3.8, 4) is 33.4 Å². The van der Waals surface area contributed by atoms with Gasteiger partial charge in [-0.25, -0.2) is 0 Å². The van der Waals surface area contributed by atoms with Gasteiger partial charge in [-0.05, 0) is 196 Å². The summed E-state index contributed by atoms with van der Waals surface area (Å²) in [7, 11) is 0. The van der Waals surface area contributed by atoms with Gasteiger partial charge in [0.1, 0.15) is 0 Å². The normalized spacial score (nSPS) is 33.6. The maximum absolute atomic E-state index is 5.62. The average Bonchev–Trinajstić information content (AvgIpc) is 4.19. The van der Waals surface area contributed by atoms with Gasteiger partial charge in [-0.15, -0.1) is 0 Å². The fourth-order valence-corrected chi connectivity index (χ4v) is 19.7. The number of pyridine rings is 2. The van der Waals surface area contributed by atoms with Crippen LogP contribution in [-0.4, -0.2) is 14.4 Å². The molecule has 3 spiro atoms. The van der Waals surface area contributed by atoms with Crippen LogP contribution >= 0.6 is 0 Å². The summed E-state index contributed by atoms with van der Waals surface area (Å²) in [5.74, 6) is 6.22. The average molecular weight is 822 g/mol. The van der Waals surface area contributed by atoms with Gasteiger partial charge in [0.25, 0.3) is 0 Å². The summed E-state index contributed by atoms with van der Waals surface area (Å²) in [4.78, 5) is 11.2. The molecule has 4 heterocycles. The number of hydrogen-bond donors (Lipinski definition) is 0. The van der Waals surface area contributed by atoms with E-state index < -0.39 is 0 Å². The van der Waals surface area contributed by atoms with Crippen LogP contribution in [0.3, 0.4) is 0 Å². The second-order valence-electron chi connectivity index (χ2n) is 23.3. The largest absolute Gasteiger partial charge is 0.305 e. The van der Waals surface area contributed by atoms with Crippen LogP contribution in [-0.2, 0) is 5.41 Å². The van der Waals surface area contributed by atoms with Crippen molar-refractivity contribution in [2.45, 2.75) is 93.3 Å². The van der Waals surface area contributed by atoms with Crippen LogP contribution in [0.1, 0.15) is 133 Å². The van der Waals surface area contributed by atoms with Crippen molar-refractivity contribution in [2.75, 3.05) is 0 Å². The van der Waals surface area contributed by atoms with Gasteiger partial charge in [-0.3, -0.25) is 9.97 Å². The van der Waals surface area contributed by atoms with Gasteiger partial charge in [0, 0.05) is 44.8 Å². The van der Waals surface area contributed by atoms with Gasteiger partial charge in [0.15, 0.2) is 0 Å². The minimum absolute atomic E-state index is 0.360. The number of rotatable bonds is 1. The van der Waals surface area contributed by atoms with E-state index in [1.165, 1.54) is 169 Å². The minimum atomic E-state index is -0.360. The maximum Gasteiger partial charge on any atom is 0.0728 e. The first kappa shape index (κ1) is 32.8. The lowest BCUT2D eigenvalue weighted by atomic mass is 9.56. The molecular formula is C61H47N3. The summed E-state index contributed by atoms with van der Waals surface area (Å²) in [5, 5.41) is 5.98. The Kier molecular flexibility index (Phi) is 5.22. The van der Waals surface area contributed by atoms with Crippen LogP contribution < -0.4 is 0 Å². The van der Waals surface area contributed by atoms with Crippen molar-refractivity contribution in [3.05, 3.63) is 160 Å². The Balaban J connectivity index is 0.930. The van der Waals surface area contributed by atoms with E-state index >= 15 is 0 Å². The maximum atomic E-state index is 5.62. The molecule has 0 radical (unpaired) electrons. The lowest BCUT2D eigenvalue weighted by molar-refractivity contribution is 0.00321. The minimum Gasteiger partial charge on any atom is -0.305 e. The summed E-state index contributed by atoms with van der Waals surface area (Å²) in [6.45, 7) is 0. The molecule has 4 aromatic heterocycles. The van der Waals surface area contributed by atoms with E-state index in [1.807, 2.05) is 0 Å². The summed E-state index contributed by atoms with van der Waals surface area (Å²) in [5.41, 5.74) is 25.0. The van der Waals surface area contributed by atoms with Crippen molar-refractivity contribution >= 4 is 38.1 Å². The lowest BCUT2D eigenvalue weighted by Gasteiger charge is -2.48. The Bertz CT molecular complexity index is 3530. The first-order valence-corrected chi connectivity index (χ1v) is 25.1. The molecule has 0 N–H and O–H groups in total. The number of hydrogen-bond acceptors (Lipinski definition) is 2. The molecule has 19 rings (SSSR count). The Labute approximate surface area is 372 Å². The zero-order chi connectivity index (χ0) is 40.7. The topological polar surface area (TPSA) is 30.2 Å². The second kappa shape index (κ2) is 10.2. The van der Waals surface area contributed by atoms with Crippen LogP contribution in [0.25, 0.3) is 71.5 Å². The quantitative estimate of drug-likeness (QED) is 0.165. The summed E-state index contributed by atoms with van der Waals surface area (Å²) in [6, 6.07) is 40.7. The molecule has 306 valence electrons. The number of benzene rings is 5. The van der Waals surface area contributed by atoms with E-state index in [0.29, 0.717) is 34.5 Å². The van der Waals surface area contributed by atoms with Crippen molar-refractivity contribution in [1.29, 1.82) is 0 Å². The molecule has 3 heteroatoms. The first-order chi connectivity index (χ1) is 31.6. The van der Waals surface area contributed by atoms with Gasteiger partial charge in [-0.1, -0.05) is 84.9 Å². The van der Waals surface area contributed by atoms with E-state index in [0.717, 1.165) is 23.7 Å². The van der Waals surface area contributed by atoms with E-state index in [1.54, 1.807) is 11.1 Å². The van der Waals surface area contributed by atoms with Gasteiger partial charge in [0.2, 0.25) is 0 Å². The third-order valence-electron chi connectivity index (χ3n) is 21.7. The molecule has 10 unspecified atom stereocenters. The monoisotopic (exact) mass is 821 g/mol. The zero-order valence-corrected chi connectivity index (χ0v) is 36.0. The Morgan fingerprint density at radius 2 is 0.891 bits per heavy atom. The Morgan fingerprint density at radius 3 is 1.41 bits per heavy atom. The molecular weight excluding hydrogens is 775 g/mol. The van der Waals surface area contributed by atoms with Gasteiger partial charge in [0.05, 0.1) is 34.4 Å². The second-order valence-corrected chi connectivity index (χ2v) is 23.3. The standard InChI is InChI=1S/C61H47N3/c1-4-10-46-40(7-1)41-8-2-5-11-47(41)61(46)48-12-6-3-9-42(48)43-14-13-30(21-49(43)61)31-19-44-54-50(28-62-56-34-17-38-22-36-15-32(52(54)56)24-59(36,38)26-34)64-51-29-63-57-35-18-39-23-37-16-33(25-60(37,39)27-35)53(57)55(51)45(20-31)58(44)64/h1-14,19-21,28-29,32-39H,15-18,22-27H2. The van der Waals surface area contributed by atoms with Crippen LogP contribution in [0.15, 0.2) is 116 Å². The van der Waals surface area contributed by atoms with E-state index in [4.69, 9.17) is 9.97 Å². The first-order valence-electron chi connectivity index (χ1n) is 25.1. The number of aromatic nitrogens is 3. The van der Waals surface area contributed by atoms with Crippen molar-refractivity contribution in [1.82, 2.24) is 14.4 Å². The Hall–Kier alpha value is -5.80. The molecule has 10 aliphatic rings. The third-order valence-corrected chi connectivity index (χ3v) is 21.7. The van der Waals surface area contributed by atoms with Gasteiger partial charge >= 0.3 is 0 Å². The number of nitrogens with zero attached hydrogens (tertiary/aromatic N) is 3. The molecule has 0 amide bonds. The molecule has 3 nitrogen and oxygen atoms in total. The fourth-order valence-electron chi connectivity index (χ4n) is 19.7. The summed E-state index contributed by atoms with van der Waals surface area (Å²) < 4.78 is 2.68. The van der Waals surface area contributed by atoms with Gasteiger partial charge in [-0.2, -0.15) is 0 Å². The predicted molar refractivity (Wildman–Crippen MR) is 254 cm³/mol. The summed E-state index contributed by atoms with van der Waals surface area (Å²) in [6.07, 6.45) is 18.6.